The number of aromatic nitrogens is 6. The van der Waals surface area contributed by atoms with E-state index in [9.17, 15) is 18.6 Å². The summed E-state index contributed by atoms with van der Waals surface area (Å²) in [6.07, 6.45) is 0.800. The third-order valence-electron chi connectivity index (χ3n) is 6.55. The minimum absolute atomic E-state index is 0.142. The summed E-state index contributed by atoms with van der Waals surface area (Å²) < 4.78 is 41.0. The zero-order valence-corrected chi connectivity index (χ0v) is 24.4. The number of benzene rings is 1. The summed E-state index contributed by atoms with van der Waals surface area (Å²) in [5.41, 5.74) is 3.48. The predicted octanol–water partition coefficient (Wildman–Crippen LogP) is 2.47. The molecule has 3 atom stereocenters. The van der Waals surface area contributed by atoms with Crippen molar-refractivity contribution in [2.75, 3.05) is 20.3 Å². The molecule has 3 heterocycles. The molecule has 12 nitrogen and oxygen atoms in total. The van der Waals surface area contributed by atoms with Gasteiger partial charge in [0.1, 0.15) is 29.4 Å². The predicted molar refractivity (Wildman–Crippen MR) is 151 cm³/mol. The van der Waals surface area contributed by atoms with Gasteiger partial charge in [-0.05, 0) is 57.0 Å². The van der Waals surface area contributed by atoms with Crippen LogP contribution in [0.25, 0.3) is 17.2 Å². The number of methoxy groups -OCH3 is 1. The highest BCUT2D eigenvalue weighted by Gasteiger charge is 2.36. The van der Waals surface area contributed by atoms with Crippen LogP contribution in [0.5, 0.6) is 5.75 Å². The Kier molecular flexibility index (Phi) is 9.43. The fourth-order valence-corrected chi connectivity index (χ4v) is 5.68. The highest BCUT2D eigenvalue weighted by molar-refractivity contribution is 7.91. The van der Waals surface area contributed by atoms with Gasteiger partial charge in [-0.15, -0.1) is 10.2 Å². The number of nitrogens with zero attached hydrogens (tertiary/aromatic N) is 6. The van der Waals surface area contributed by atoms with Gasteiger partial charge < -0.3 is 19.7 Å². The number of hydrogen-bond donors (Lipinski definition) is 2. The van der Waals surface area contributed by atoms with Gasteiger partial charge in [0.05, 0.1) is 31.3 Å². The van der Waals surface area contributed by atoms with Crippen LogP contribution in [-0.4, -0.2) is 80.0 Å². The summed E-state index contributed by atoms with van der Waals surface area (Å²) in [4.78, 5) is 13.1. The van der Waals surface area contributed by atoms with Gasteiger partial charge in [-0.3, -0.25) is 4.57 Å². The molecular formula is C28H34N6O6S. The van der Waals surface area contributed by atoms with Crippen molar-refractivity contribution in [2.24, 2.45) is 0 Å². The Morgan fingerprint density at radius 1 is 1.02 bits per heavy atom. The Hall–Kier alpha value is -3.78. The zero-order chi connectivity index (χ0) is 29.7. The second-order valence-corrected chi connectivity index (χ2v) is 12.1. The fourth-order valence-electron chi connectivity index (χ4n) is 4.30. The van der Waals surface area contributed by atoms with Gasteiger partial charge >= 0.3 is 0 Å². The summed E-state index contributed by atoms with van der Waals surface area (Å²) in [5, 5.41) is 26.6. The van der Waals surface area contributed by atoms with Gasteiger partial charge in [-0.1, -0.05) is 18.2 Å². The van der Waals surface area contributed by atoms with Crippen LogP contribution < -0.4 is 4.74 Å². The summed E-state index contributed by atoms with van der Waals surface area (Å²) >= 11 is 0. The topological polar surface area (TPSA) is 162 Å². The Labute approximate surface area is 239 Å². The van der Waals surface area contributed by atoms with Crippen molar-refractivity contribution < 1.29 is 28.1 Å². The first-order valence-electron chi connectivity index (χ1n) is 13.0. The first-order chi connectivity index (χ1) is 19.6. The largest absolute Gasteiger partial charge is 0.495 e. The maximum absolute atomic E-state index is 13.9. The molecule has 0 aliphatic carbocycles. The van der Waals surface area contributed by atoms with Gasteiger partial charge in [0, 0.05) is 18.1 Å². The van der Waals surface area contributed by atoms with E-state index in [2.05, 4.69) is 25.1 Å². The maximum Gasteiger partial charge on any atom is 0.187 e. The van der Waals surface area contributed by atoms with Crippen molar-refractivity contribution in [1.29, 1.82) is 0 Å². The van der Waals surface area contributed by atoms with E-state index >= 15 is 0 Å². The number of ether oxygens (including phenoxy) is 2. The van der Waals surface area contributed by atoms with Crippen LogP contribution in [0.2, 0.25) is 0 Å². The monoisotopic (exact) mass is 582 g/mol. The molecule has 2 N–H and O–H groups in total. The first kappa shape index (κ1) is 30.2. The molecule has 4 aromatic rings. The fraction of sp³-hybridized carbons (Fsp3) is 0.393. The lowest BCUT2D eigenvalue weighted by atomic mass is 10.1. The Bertz CT molecular complexity index is 1590. The third-order valence-corrected chi connectivity index (χ3v) is 8.59. The van der Waals surface area contributed by atoms with Crippen LogP contribution >= 0.6 is 0 Å². The number of hydrogen-bond acceptors (Lipinski definition) is 11. The smallest absolute Gasteiger partial charge is 0.187 e. The van der Waals surface area contributed by atoms with Crippen LogP contribution in [-0.2, 0) is 20.3 Å². The molecule has 41 heavy (non-hydrogen) atoms. The van der Waals surface area contributed by atoms with Crippen LogP contribution in [0.3, 0.4) is 0 Å². The van der Waals surface area contributed by atoms with E-state index in [-0.39, 0.29) is 18.3 Å². The van der Waals surface area contributed by atoms with Gasteiger partial charge in [0.25, 0.3) is 0 Å². The number of aliphatic hydroxyl groups excluding tert-OH is 2. The summed E-state index contributed by atoms with van der Waals surface area (Å²) in [7, 11) is -2.46. The van der Waals surface area contributed by atoms with Crippen molar-refractivity contribution in [1.82, 2.24) is 29.7 Å². The van der Waals surface area contributed by atoms with E-state index in [0.717, 1.165) is 16.8 Å². The van der Waals surface area contributed by atoms with Gasteiger partial charge in [0.15, 0.2) is 27.3 Å². The summed E-state index contributed by atoms with van der Waals surface area (Å²) in [5.74, 6) is 0.668. The van der Waals surface area contributed by atoms with Crippen molar-refractivity contribution in [3.63, 3.8) is 0 Å². The van der Waals surface area contributed by atoms with Gasteiger partial charge in [-0.25, -0.2) is 23.4 Å². The molecule has 1 aromatic carbocycles. The molecule has 0 bridgehead atoms. The normalized spacial score (nSPS) is 14.0. The lowest BCUT2D eigenvalue weighted by molar-refractivity contribution is -0.0324. The van der Waals surface area contributed by atoms with E-state index in [0.29, 0.717) is 23.0 Å². The maximum atomic E-state index is 13.9. The molecule has 218 valence electrons. The highest BCUT2D eigenvalue weighted by Crippen LogP contribution is 2.33. The van der Waals surface area contributed by atoms with Gasteiger partial charge in [-0.2, -0.15) is 0 Å². The number of sulfone groups is 1. The van der Waals surface area contributed by atoms with Crippen LogP contribution in [0.4, 0.5) is 0 Å². The molecular weight excluding hydrogens is 548 g/mol. The second-order valence-electron chi connectivity index (χ2n) is 9.79. The molecule has 0 saturated heterocycles. The molecule has 13 heteroatoms. The van der Waals surface area contributed by atoms with E-state index < -0.39 is 39.7 Å². The number of para-hydroxylation sites is 1. The number of pyridine rings is 1. The van der Waals surface area contributed by atoms with Crippen LogP contribution in [0, 0.1) is 20.8 Å². The lowest BCUT2D eigenvalue weighted by Crippen LogP contribution is -2.33. The minimum Gasteiger partial charge on any atom is -0.495 e. The van der Waals surface area contributed by atoms with Crippen molar-refractivity contribution in [3.05, 3.63) is 77.3 Å². The van der Waals surface area contributed by atoms with E-state index in [4.69, 9.17) is 9.47 Å². The van der Waals surface area contributed by atoms with Crippen LogP contribution in [0.15, 0.2) is 48.8 Å². The van der Waals surface area contributed by atoms with Gasteiger partial charge in [0.2, 0.25) is 0 Å². The molecule has 0 fully saturated rings. The molecule has 0 amide bonds. The summed E-state index contributed by atoms with van der Waals surface area (Å²) in [6, 6.07) is 11.0. The lowest BCUT2D eigenvalue weighted by Gasteiger charge is -2.24. The molecule has 3 aromatic heterocycles. The number of rotatable bonds is 12. The molecule has 4 rings (SSSR count). The number of aryl methyl sites for hydroxylation is 3. The molecule has 0 aliphatic heterocycles. The quantitative estimate of drug-likeness (QED) is 0.252. The number of aliphatic hydroxyl groups is 2. The Morgan fingerprint density at radius 3 is 2.39 bits per heavy atom. The van der Waals surface area contributed by atoms with E-state index in [1.165, 1.54) is 14.0 Å². The van der Waals surface area contributed by atoms with Crippen molar-refractivity contribution in [2.45, 2.75) is 50.9 Å². The Morgan fingerprint density at radius 2 is 1.73 bits per heavy atom. The molecule has 0 radical (unpaired) electrons. The zero-order valence-electron chi connectivity index (χ0n) is 23.6. The average molecular weight is 583 g/mol. The minimum atomic E-state index is -4.00. The third kappa shape index (κ3) is 6.76. The standard InChI is InChI=1S/C28H34N6O6S/c1-17-12-29-27(30-13-17)26(40-15-21(36)14-35)20(4)41(37,38)16-24-32-33-28(22-10-7-9-19(3)31-22)34(24)25-18(2)8-6-11-23(25)39-5/h6-13,20-21,26,35-36H,14-16H2,1-5H3/t20-,21-,26-/m1/s1. The second kappa shape index (κ2) is 12.8. The molecule has 0 spiro atoms. The Balaban J connectivity index is 1.80. The summed E-state index contributed by atoms with van der Waals surface area (Å²) in [6.45, 7) is 6.19. The SMILES string of the molecule is COc1cccc(C)c1-n1c(CS(=O)(=O)[C@H](C)[C@@H](OC[C@H](O)CO)c2ncc(C)cn2)nnc1-c1cccc(C)n1. The average Bonchev–Trinajstić information content (AvgIpc) is 3.35. The van der Waals surface area contributed by atoms with Crippen molar-refractivity contribution in [3.8, 4) is 23.0 Å². The molecule has 0 saturated carbocycles. The molecule has 0 aliphatic rings. The van der Waals surface area contributed by atoms with Crippen LogP contribution in [0.1, 0.15) is 41.5 Å². The first-order valence-corrected chi connectivity index (χ1v) is 14.7. The highest BCUT2D eigenvalue weighted by atomic mass is 32.2. The van der Waals surface area contributed by atoms with E-state index in [1.54, 1.807) is 29.1 Å². The van der Waals surface area contributed by atoms with Crippen molar-refractivity contribution >= 4 is 9.84 Å². The van der Waals surface area contributed by atoms with E-state index in [1.807, 2.05) is 45.0 Å². The molecule has 0 unspecified atom stereocenters.